The lowest BCUT2D eigenvalue weighted by atomic mass is 10.0. The molecule has 0 bridgehead atoms. The van der Waals surface area contributed by atoms with E-state index in [-0.39, 0.29) is 25.7 Å². The maximum Gasteiger partial charge on any atom is 0.303 e. The highest BCUT2D eigenvalue weighted by molar-refractivity contribution is 7.98. The van der Waals surface area contributed by atoms with Crippen LogP contribution in [-0.4, -0.2) is 118 Å². The molecule has 17 nitrogen and oxygen atoms in total. The zero-order valence-electron chi connectivity index (χ0n) is 32.6. The van der Waals surface area contributed by atoms with Crippen LogP contribution in [0.15, 0.2) is 30.5 Å². The van der Waals surface area contributed by atoms with Crippen LogP contribution in [0.25, 0.3) is 10.9 Å². The number of hydrogen-bond acceptors (Lipinski definition) is 11. The summed E-state index contributed by atoms with van der Waals surface area (Å²) in [6.45, 7) is 3.75. The van der Waals surface area contributed by atoms with Gasteiger partial charge in [-0.2, -0.15) is 23.5 Å². The summed E-state index contributed by atoms with van der Waals surface area (Å²) >= 11 is 2.89. The Morgan fingerprint density at radius 3 is 1.84 bits per heavy atom. The summed E-state index contributed by atoms with van der Waals surface area (Å²) < 4.78 is 0. The maximum absolute atomic E-state index is 13.8. The number of nitrogens with two attached hydrogens (primary N) is 3. The Bertz CT molecular complexity index is 1620. The maximum atomic E-state index is 13.8. The molecular weight excluding hydrogens is 763 g/mol. The molecule has 1 heterocycles. The zero-order chi connectivity index (χ0) is 41.8. The lowest BCUT2D eigenvalue weighted by Crippen LogP contribution is -2.60. The van der Waals surface area contributed by atoms with Crippen LogP contribution in [0.3, 0.4) is 0 Å². The molecule has 56 heavy (non-hydrogen) atoms. The van der Waals surface area contributed by atoms with Crippen LogP contribution in [0.4, 0.5) is 0 Å². The summed E-state index contributed by atoms with van der Waals surface area (Å²) in [6, 6.07) is 0.774. The third kappa shape index (κ3) is 16.0. The molecule has 0 fully saturated rings. The van der Waals surface area contributed by atoms with Crippen LogP contribution in [0.2, 0.25) is 0 Å². The van der Waals surface area contributed by atoms with Crippen molar-refractivity contribution in [3.63, 3.8) is 0 Å². The van der Waals surface area contributed by atoms with Gasteiger partial charge >= 0.3 is 5.97 Å². The minimum atomic E-state index is -1.41. The number of carboxylic acid groups (broad SMARTS) is 1. The van der Waals surface area contributed by atoms with Gasteiger partial charge in [0.15, 0.2) is 0 Å². The number of primary amides is 1. The summed E-state index contributed by atoms with van der Waals surface area (Å²) in [6.07, 6.45) is 6.38. The Kier molecular flexibility index (Phi) is 21.4. The molecule has 0 aliphatic heterocycles. The van der Waals surface area contributed by atoms with E-state index in [0.717, 1.165) is 16.5 Å². The van der Waals surface area contributed by atoms with Crippen LogP contribution in [-0.2, 0) is 40.0 Å². The van der Waals surface area contributed by atoms with Gasteiger partial charge in [-0.3, -0.25) is 33.6 Å². The molecule has 0 unspecified atom stereocenters. The highest BCUT2D eigenvalue weighted by atomic mass is 32.2. The standard InChI is InChI=1S/C37H59N9O8S2/c1-21(2)31(37(54)42-26(32(40)49)14-17-55-3)46-36(53)29(15-18-56-4)45-35(52)28(12-13-30(47)48)44-34(51)27(11-7-8-16-38)43-33(50)24(39)19-22-20-41-25-10-6-5-9-23(22)25/h5-6,9-10,20-21,24,26-29,31,41H,7-8,11-19,38-39H2,1-4H3,(H2,40,49)(H,42,54)(H,43,50)(H,44,51)(H,45,52)(H,46,53)(H,47,48)/t24-,26+,27+,28-,29-,31-/m0/s1. The summed E-state index contributed by atoms with van der Waals surface area (Å²) in [7, 11) is 0. The number of aromatic amines is 1. The van der Waals surface area contributed by atoms with Crippen molar-refractivity contribution in [2.75, 3.05) is 30.6 Å². The average Bonchev–Trinajstić information content (AvgIpc) is 3.56. The number of unbranched alkanes of at least 4 members (excludes halogenated alkanes) is 1. The van der Waals surface area contributed by atoms with Gasteiger partial charge in [-0.1, -0.05) is 32.0 Å². The van der Waals surface area contributed by atoms with Crippen LogP contribution in [0.1, 0.15) is 64.4 Å². The largest absolute Gasteiger partial charge is 0.481 e. The number of benzene rings is 1. The number of aliphatic carboxylic acids is 1. The molecule has 13 N–H and O–H groups in total. The smallest absolute Gasteiger partial charge is 0.303 e. The third-order valence-corrected chi connectivity index (χ3v) is 10.4. The van der Waals surface area contributed by atoms with Crippen LogP contribution in [0, 0.1) is 5.92 Å². The number of rotatable bonds is 27. The number of carbonyl (C=O) groups excluding carboxylic acids is 6. The van der Waals surface area contributed by atoms with E-state index in [1.54, 1.807) is 26.3 Å². The van der Waals surface area contributed by atoms with Gasteiger partial charge < -0.3 is 53.9 Å². The Hall–Kier alpha value is -4.33. The van der Waals surface area contributed by atoms with Crippen molar-refractivity contribution in [3.05, 3.63) is 36.0 Å². The number of para-hydroxylation sites is 1. The first-order chi connectivity index (χ1) is 26.6. The highest BCUT2D eigenvalue weighted by Gasteiger charge is 2.33. The number of H-pyrrole nitrogens is 1. The Labute approximate surface area is 336 Å². The molecule has 0 aliphatic carbocycles. The van der Waals surface area contributed by atoms with Crippen molar-refractivity contribution in [3.8, 4) is 0 Å². The Morgan fingerprint density at radius 1 is 0.732 bits per heavy atom. The quantitative estimate of drug-likeness (QED) is 0.0537. The van der Waals surface area contributed by atoms with E-state index >= 15 is 0 Å². The second kappa shape index (κ2) is 25.0. The number of thioether (sulfide) groups is 2. The number of carboxylic acids is 1. The van der Waals surface area contributed by atoms with E-state index in [9.17, 15) is 38.7 Å². The molecule has 312 valence electrons. The monoisotopic (exact) mass is 821 g/mol. The number of carbonyl (C=O) groups is 7. The molecule has 0 saturated carbocycles. The van der Waals surface area contributed by atoms with Crippen molar-refractivity contribution >= 4 is 75.8 Å². The molecule has 1 aromatic carbocycles. The van der Waals surface area contributed by atoms with Gasteiger partial charge in [0.1, 0.15) is 30.2 Å². The Balaban J connectivity index is 2.25. The van der Waals surface area contributed by atoms with Crippen molar-refractivity contribution in [2.45, 2.75) is 101 Å². The van der Waals surface area contributed by atoms with Gasteiger partial charge in [0.25, 0.3) is 0 Å². The molecule has 19 heteroatoms. The molecule has 0 aliphatic rings. The van der Waals surface area contributed by atoms with Crippen molar-refractivity contribution < 1.29 is 38.7 Å². The van der Waals surface area contributed by atoms with E-state index in [4.69, 9.17) is 17.2 Å². The summed E-state index contributed by atoms with van der Waals surface area (Å²) in [4.78, 5) is 94.5. The molecule has 1 aromatic heterocycles. The normalized spacial score (nSPS) is 14.5. The van der Waals surface area contributed by atoms with E-state index in [0.29, 0.717) is 37.3 Å². The Morgan fingerprint density at radius 2 is 1.27 bits per heavy atom. The molecule has 0 spiro atoms. The van der Waals surface area contributed by atoms with Gasteiger partial charge in [0.2, 0.25) is 35.4 Å². The first kappa shape index (κ1) is 47.8. The van der Waals surface area contributed by atoms with Gasteiger partial charge in [-0.25, -0.2) is 0 Å². The predicted octanol–water partition coefficient (Wildman–Crippen LogP) is 0.103. The second-order valence-corrected chi connectivity index (χ2v) is 15.8. The van der Waals surface area contributed by atoms with Gasteiger partial charge in [-0.15, -0.1) is 0 Å². The van der Waals surface area contributed by atoms with Gasteiger partial charge in [-0.05, 0) is 93.1 Å². The fourth-order valence-corrected chi connectivity index (χ4v) is 6.77. The van der Waals surface area contributed by atoms with E-state index in [1.165, 1.54) is 23.5 Å². The summed E-state index contributed by atoms with van der Waals surface area (Å²) in [5.41, 5.74) is 19.2. The second-order valence-electron chi connectivity index (χ2n) is 13.8. The van der Waals surface area contributed by atoms with Crippen LogP contribution < -0.4 is 43.8 Å². The predicted molar refractivity (Wildman–Crippen MR) is 219 cm³/mol. The summed E-state index contributed by atoms with van der Waals surface area (Å²) in [5, 5.41) is 23.6. The molecule has 6 amide bonds. The average molecular weight is 822 g/mol. The number of hydrogen-bond donors (Lipinski definition) is 10. The SMILES string of the molecule is CSCC[C@H](NC(=O)[C@H](CCC(=O)O)NC(=O)[C@@H](CCCCN)NC(=O)[C@@H](N)Cc1c[nH]c2ccccc12)C(=O)N[C@H](C(=O)N[C@H](CCSC)C(N)=O)C(C)C. The van der Waals surface area contributed by atoms with Gasteiger partial charge in [0.05, 0.1) is 6.04 Å². The first-order valence-corrected chi connectivity index (χ1v) is 21.4. The molecule has 6 atom stereocenters. The zero-order valence-corrected chi connectivity index (χ0v) is 34.2. The fraction of sp³-hybridized carbons (Fsp3) is 0.595. The minimum absolute atomic E-state index is 0.133. The molecule has 2 rings (SSSR count). The van der Waals surface area contributed by atoms with E-state index in [1.807, 2.05) is 30.5 Å². The summed E-state index contributed by atoms with van der Waals surface area (Å²) in [5.74, 6) is -4.85. The lowest BCUT2D eigenvalue weighted by molar-refractivity contribution is -0.138. The molecule has 0 saturated heterocycles. The third-order valence-electron chi connectivity index (χ3n) is 9.07. The number of amides is 6. The van der Waals surface area contributed by atoms with E-state index < -0.39 is 90.0 Å². The minimum Gasteiger partial charge on any atom is -0.481 e. The number of nitrogens with one attached hydrogen (secondary N) is 6. The van der Waals surface area contributed by atoms with Crippen LogP contribution in [0.5, 0.6) is 0 Å². The van der Waals surface area contributed by atoms with Crippen molar-refractivity contribution in [2.24, 2.45) is 23.1 Å². The number of fused-ring (bicyclic) bond motifs is 1. The molecule has 0 radical (unpaired) electrons. The van der Waals surface area contributed by atoms with Gasteiger partial charge in [0, 0.05) is 23.5 Å². The van der Waals surface area contributed by atoms with E-state index in [2.05, 4.69) is 31.6 Å². The van der Waals surface area contributed by atoms with Crippen molar-refractivity contribution in [1.29, 1.82) is 0 Å². The topological polar surface area (TPSA) is 294 Å². The fourth-order valence-electron chi connectivity index (χ4n) is 5.83. The first-order valence-electron chi connectivity index (χ1n) is 18.6. The van der Waals surface area contributed by atoms with Crippen molar-refractivity contribution in [1.82, 2.24) is 31.6 Å². The molecule has 2 aromatic rings. The van der Waals surface area contributed by atoms with Crippen LogP contribution >= 0.6 is 23.5 Å². The highest BCUT2D eigenvalue weighted by Crippen LogP contribution is 2.19. The molecular formula is C37H59N9O8S2. The number of aromatic nitrogens is 1. The lowest BCUT2D eigenvalue weighted by Gasteiger charge is -2.28.